The highest BCUT2D eigenvalue weighted by Gasteiger charge is 2.35. The second-order valence-corrected chi connectivity index (χ2v) is 13.9. The van der Waals surface area contributed by atoms with E-state index in [1.54, 1.807) is 18.0 Å². The summed E-state index contributed by atoms with van der Waals surface area (Å²) in [6.07, 6.45) is 1.27. The molecular weight excluding hydrogens is 513 g/mol. The first-order valence-electron chi connectivity index (χ1n) is 12.9. The second-order valence-electron chi connectivity index (χ2n) is 11.6. The molecule has 208 valence electrons. The van der Waals surface area contributed by atoms with Crippen LogP contribution in [-0.4, -0.2) is 78.5 Å². The molecule has 1 aromatic heterocycles. The van der Waals surface area contributed by atoms with Gasteiger partial charge in [-0.1, -0.05) is 32.9 Å². The Hall–Kier alpha value is -3.02. The third-order valence-corrected chi connectivity index (χ3v) is 9.15. The van der Waals surface area contributed by atoms with Gasteiger partial charge in [-0.05, 0) is 30.2 Å². The van der Waals surface area contributed by atoms with E-state index in [1.807, 2.05) is 20.8 Å². The normalized spacial score (nSPS) is 21.0. The number of benzene rings is 1. The molecule has 2 fully saturated rings. The first kappa shape index (κ1) is 28.0. The van der Waals surface area contributed by atoms with E-state index in [4.69, 9.17) is 0 Å². The van der Waals surface area contributed by atoms with E-state index in [1.165, 1.54) is 16.8 Å². The Morgan fingerprint density at radius 3 is 2.47 bits per heavy atom. The zero-order valence-corrected chi connectivity index (χ0v) is 23.1. The van der Waals surface area contributed by atoms with Crippen molar-refractivity contribution in [2.24, 2.45) is 17.3 Å². The number of nitrogens with one attached hydrogen (secondary N) is 2. The van der Waals surface area contributed by atoms with E-state index in [9.17, 15) is 27.2 Å². The van der Waals surface area contributed by atoms with E-state index in [0.29, 0.717) is 37.7 Å². The number of fused-ring (bicyclic) bond motifs is 1. The molecule has 0 bridgehead atoms. The minimum Gasteiger partial charge on any atom is -0.354 e. The van der Waals surface area contributed by atoms with Gasteiger partial charge < -0.3 is 15.5 Å². The standard InChI is InChI=1S/C26H36FN5O5S/c1-26(2,3)23(25(35)28-13-17-12-20(33)31(4)14-17)29-24(34)21-18-6-5-7-19(27)22(18)32(30-21)15-16-8-10-38(36,37)11-9-16/h5-7,16-17,23H,8-15H2,1-4H3,(H,28,35)(H,29,34)/t17-,23?/m0/s1. The van der Waals surface area contributed by atoms with Gasteiger partial charge in [-0.3, -0.25) is 19.1 Å². The average Bonchev–Trinajstić information content (AvgIpc) is 3.36. The van der Waals surface area contributed by atoms with Crippen LogP contribution in [0.4, 0.5) is 4.39 Å². The van der Waals surface area contributed by atoms with Crippen LogP contribution in [0.1, 0.15) is 50.5 Å². The van der Waals surface area contributed by atoms with Crippen LogP contribution >= 0.6 is 0 Å². The first-order valence-corrected chi connectivity index (χ1v) is 14.8. The van der Waals surface area contributed by atoms with Crippen molar-refractivity contribution in [3.8, 4) is 0 Å². The number of hydrogen-bond donors (Lipinski definition) is 2. The molecule has 2 N–H and O–H groups in total. The van der Waals surface area contributed by atoms with Crippen molar-refractivity contribution >= 4 is 38.5 Å². The predicted molar refractivity (Wildman–Crippen MR) is 141 cm³/mol. The Morgan fingerprint density at radius 2 is 1.87 bits per heavy atom. The van der Waals surface area contributed by atoms with Crippen LogP contribution in [0.5, 0.6) is 0 Å². The molecule has 0 spiro atoms. The molecule has 2 aliphatic heterocycles. The summed E-state index contributed by atoms with van der Waals surface area (Å²) >= 11 is 0. The number of hydrogen-bond acceptors (Lipinski definition) is 6. The molecule has 3 amide bonds. The maximum Gasteiger partial charge on any atom is 0.273 e. The molecule has 1 unspecified atom stereocenters. The van der Waals surface area contributed by atoms with Crippen molar-refractivity contribution in [2.45, 2.75) is 52.6 Å². The number of aromatic nitrogens is 2. The van der Waals surface area contributed by atoms with Gasteiger partial charge in [0, 0.05) is 44.4 Å². The minimum absolute atomic E-state index is 0.00478. The molecule has 12 heteroatoms. The van der Waals surface area contributed by atoms with E-state index in [0.717, 1.165) is 0 Å². The molecule has 1 aromatic carbocycles. The summed E-state index contributed by atoms with van der Waals surface area (Å²) in [7, 11) is -1.32. The number of amides is 3. The number of nitrogens with zero attached hydrogens (tertiary/aromatic N) is 3. The van der Waals surface area contributed by atoms with Crippen molar-refractivity contribution in [1.29, 1.82) is 0 Å². The maximum atomic E-state index is 14.9. The molecule has 4 rings (SSSR count). The van der Waals surface area contributed by atoms with Crippen LogP contribution in [0.3, 0.4) is 0 Å². The lowest BCUT2D eigenvalue weighted by Gasteiger charge is -2.30. The Morgan fingerprint density at radius 1 is 1.18 bits per heavy atom. The van der Waals surface area contributed by atoms with Crippen molar-refractivity contribution in [2.75, 3.05) is 31.6 Å². The molecule has 2 aliphatic rings. The van der Waals surface area contributed by atoms with Crippen molar-refractivity contribution in [3.63, 3.8) is 0 Å². The lowest BCUT2D eigenvalue weighted by atomic mass is 9.86. The summed E-state index contributed by atoms with van der Waals surface area (Å²) in [5, 5.41) is 10.4. The van der Waals surface area contributed by atoms with Gasteiger partial charge in [-0.15, -0.1) is 0 Å². The van der Waals surface area contributed by atoms with Crippen LogP contribution in [0.15, 0.2) is 18.2 Å². The Bertz CT molecular complexity index is 1340. The topological polar surface area (TPSA) is 130 Å². The van der Waals surface area contributed by atoms with Gasteiger partial charge in [0.2, 0.25) is 11.8 Å². The van der Waals surface area contributed by atoms with Crippen LogP contribution in [0.25, 0.3) is 10.9 Å². The number of para-hydroxylation sites is 1. The Kier molecular flexibility index (Phi) is 7.83. The Balaban J connectivity index is 1.53. The summed E-state index contributed by atoms with van der Waals surface area (Å²) in [5.74, 6) is -1.30. The number of halogens is 1. The van der Waals surface area contributed by atoms with Gasteiger partial charge >= 0.3 is 0 Å². The molecule has 3 heterocycles. The zero-order valence-electron chi connectivity index (χ0n) is 22.3. The molecule has 2 aromatic rings. The second kappa shape index (κ2) is 10.6. The smallest absolute Gasteiger partial charge is 0.273 e. The van der Waals surface area contributed by atoms with E-state index in [2.05, 4.69) is 15.7 Å². The van der Waals surface area contributed by atoms with Crippen molar-refractivity contribution in [1.82, 2.24) is 25.3 Å². The highest BCUT2D eigenvalue weighted by atomic mass is 32.2. The summed E-state index contributed by atoms with van der Waals surface area (Å²) in [6.45, 7) is 6.66. The minimum atomic E-state index is -3.04. The van der Waals surface area contributed by atoms with E-state index >= 15 is 0 Å². The van der Waals surface area contributed by atoms with Crippen LogP contribution in [0, 0.1) is 23.1 Å². The molecular formula is C26H36FN5O5S. The van der Waals surface area contributed by atoms with Crippen LogP contribution < -0.4 is 10.6 Å². The number of carbonyl (C=O) groups excluding carboxylic acids is 3. The molecule has 0 radical (unpaired) electrons. The molecule has 38 heavy (non-hydrogen) atoms. The lowest BCUT2D eigenvalue weighted by Crippen LogP contribution is -2.54. The van der Waals surface area contributed by atoms with E-state index in [-0.39, 0.29) is 52.9 Å². The maximum absolute atomic E-state index is 14.9. The average molecular weight is 550 g/mol. The van der Waals surface area contributed by atoms with Crippen molar-refractivity contribution < 1.29 is 27.2 Å². The van der Waals surface area contributed by atoms with Gasteiger partial charge in [0.05, 0.1) is 11.5 Å². The molecule has 0 aliphatic carbocycles. The van der Waals surface area contributed by atoms with E-state index < -0.39 is 33.0 Å². The highest BCUT2D eigenvalue weighted by Crippen LogP contribution is 2.27. The first-order chi connectivity index (χ1) is 17.7. The number of carbonyl (C=O) groups is 3. The molecule has 2 atom stereocenters. The lowest BCUT2D eigenvalue weighted by molar-refractivity contribution is -0.127. The zero-order chi connectivity index (χ0) is 27.8. The fourth-order valence-electron chi connectivity index (χ4n) is 5.17. The molecule has 10 nitrogen and oxygen atoms in total. The largest absolute Gasteiger partial charge is 0.354 e. The van der Waals surface area contributed by atoms with Gasteiger partial charge in [-0.2, -0.15) is 5.10 Å². The van der Waals surface area contributed by atoms with Crippen LogP contribution in [0.2, 0.25) is 0 Å². The molecule has 0 saturated carbocycles. The predicted octanol–water partition coefficient (Wildman–Crippen LogP) is 1.74. The number of rotatable bonds is 7. The summed E-state index contributed by atoms with van der Waals surface area (Å²) in [5.41, 5.74) is -0.454. The van der Waals surface area contributed by atoms with Crippen LogP contribution in [-0.2, 0) is 26.0 Å². The summed E-state index contributed by atoms with van der Waals surface area (Å²) in [4.78, 5) is 40.0. The van der Waals surface area contributed by atoms with Crippen molar-refractivity contribution in [3.05, 3.63) is 29.7 Å². The summed E-state index contributed by atoms with van der Waals surface area (Å²) in [6, 6.07) is 3.51. The number of likely N-dealkylation sites (tertiary alicyclic amines) is 1. The van der Waals surface area contributed by atoms with Gasteiger partial charge in [0.15, 0.2) is 5.69 Å². The Labute approximate surface area is 222 Å². The monoisotopic (exact) mass is 549 g/mol. The third kappa shape index (κ3) is 6.16. The van der Waals surface area contributed by atoms with Gasteiger partial charge in [0.1, 0.15) is 27.2 Å². The summed E-state index contributed by atoms with van der Waals surface area (Å²) < 4.78 is 40.0. The quantitative estimate of drug-likeness (QED) is 0.541. The fraction of sp³-hybridized carbons (Fsp3) is 0.615. The fourth-order valence-corrected chi connectivity index (χ4v) is 6.76. The number of sulfone groups is 1. The van der Waals surface area contributed by atoms with Gasteiger partial charge in [-0.25, -0.2) is 12.8 Å². The molecule has 2 saturated heterocycles. The highest BCUT2D eigenvalue weighted by molar-refractivity contribution is 7.91. The SMILES string of the molecule is CN1C[C@H](CNC(=O)C(NC(=O)c2nn(CC3CCS(=O)(=O)CC3)c3c(F)cccc23)C(C)(C)C)CC1=O. The van der Waals surface area contributed by atoms with Gasteiger partial charge in [0.25, 0.3) is 5.91 Å². The third-order valence-electron chi connectivity index (χ3n) is 7.43.